The molecule has 4 rings (SSSR count). The van der Waals surface area contributed by atoms with E-state index in [1.165, 1.54) is 21.9 Å². The summed E-state index contributed by atoms with van der Waals surface area (Å²) < 4.78 is 46.4. The van der Waals surface area contributed by atoms with Gasteiger partial charge in [-0.2, -0.15) is 0 Å². The Labute approximate surface area is 188 Å². The summed E-state index contributed by atoms with van der Waals surface area (Å²) in [4.78, 5) is 39.9. The number of halogens is 3. The summed E-state index contributed by atoms with van der Waals surface area (Å²) in [6, 6.07) is 3.89. The fourth-order valence-electron chi connectivity index (χ4n) is 4.03. The third kappa shape index (κ3) is 4.45. The van der Waals surface area contributed by atoms with Crippen molar-refractivity contribution >= 4 is 41.2 Å². The van der Waals surface area contributed by atoms with E-state index in [9.17, 15) is 27.6 Å². The van der Waals surface area contributed by atoms with E-state index in [1.807, 2.05) is 0 Å². The van der Waals surface area contributed by atoms with Gasteiger partial charge in [0, 0.05) is 32.6 Å². The molecule has 1 N–H and O–H groups in total. The van der Waals surface area contributed by atoms with E-state index in [-0.39, 0.29) is 19.6 Å². The molecule has 3 atom stereocenters. The van der Waals surface area contributed by atoms with Gasteiger partial charge in [-0.3, -0.25) is 14.5 Å². The van der Waals surface area contributed by atoms with Crippen LogP contribution in [0.15, 0.2) is 18.2 Å². The number of thiol groups is 1. The first-order chi connectivity index (χ1) is 15.1. The van der Waals surface area contributed by atoms with Gasteiger partial charge in [0.1, 0.15) is 17.8 Å². The molecule has 2 aliphatic heterocycles. The highest BCUT2D eigenvalue weighted by atomic mass is 32.1. The van der Waals surface area contributed by atoms with Crippen molar-refractivity contribution in [2.75, 3.05) is 42.5 Å². The van der Waals surface area contributed by atoms with Crippen LogP contribution < -0.4 is 15.1 Å². The number of amides is 3. The number of nitrogens with one attached hydrogen (secondary N) is 1. The van der Waals surface area contributed by atoms with Crippen LogP contribution in [0, 0.1) is 11.7 Å². The van der Waals surface area contributed by atoms with Crippen molar-refractivity contribution < 1.29 is 32.3 Å². The summed E-state index contributed by atoms with van der Waals surface area (Å²) in [7, 11) is 0. The maximum atomic E-state index is 14.9. The number of hydrogen-bond donors (Lipinski definition) is 2. The predicted octanol–water partition coefficient (Wildman–Crippen LogP) is 2.48. The highest BCUT2D eigenvalue weighted by Crippen LogP contribution is 2.49. The number of piperazine rings is 1. The summed E-state index contributed by atoms with van der Waals surface area (Å²) in [5, 5.41) is 1.99. The Morgan fingerprint density at radius 3 is 2.47 bits per heavy atom. The number of cyclic esters (lactones) is 1. The van der Waals surface area contributed by atoms with Gasteiger partial charge >= 0.3 is 6.09 Å². The Balaban J connectivity index is 1.37. The lowest BCUT2D eigenvalue weighted by molar-refractivity contribution is -0.135. The Bertz CT molecular complexity index is 941. The molecular formula is C20H23F3N4O4S. The minimum atomic E-state index is -2.90. The molecule has 2 heterocycles. The van der Waals surface area contributed by atoms with Crippen LogP contribution in [-0.2, 0) is 9.53 Å². The molecule has 1 aromatic carbocycles. The number of hydrogen-bond acceptors (Lipinski definition) is 5. The van der Waals surface area contributed by atoms with Crippen LogP contribution >= 0.6 is 12.6 Å². The molecular weight excluding hydrogens is 449 g/mol. The van der Waals surface area contributed by atoms with Crippen LogP contribution in [0.25, 0.3) is 0 Å². The minimum Gasteiger partial charge on any atom is -0.442 e. The largest absolute Gasteiger partial charge is 0.442 e. The SMILES string of the molecule is CC(NC(=O)S)C1CN(c2ccc(N3CCN(C(=O)C4CC4(F)F)CC3)c(F)c2)C(=O)O1. The number of anilines is 2. The van der Waals surface area contributed by atoms with E-state index in [2.05, 4.69) is 17.9 Å². The van der Waals surface area contributed by atoms with Crippen molar-refractivity contribution in [1.29, 1.82) is 0 Å². The lowest BCUT2D eigenvalue weighted by Gasteiger charge is -2.36. The molecule has 0 bridgehead atoms. The summed E-state index contributed by atoms with van der Waals surface area (Å²) >= 11 is 3.64. The second kappa shape index (κ2) is 8.38. The van der Waals surface area contributed by atoms with E-state index in [4.69, 9.17) is 4.74 Å². The van der Waals surface area contributed by atoms with Gasteiger partial charge in [-0.05, 0) is 25.1 Å². The van der Waals surface area contributed by atoms with Crippen molar-refractivity contribution in [3.05, 3.63) is 24.0 Å². The quantitative estimate of drug-likeness (QED) is 0.644. The molecule has 12 heteroatoms. The van der Waals surface area contributed by atoms with Gasteiger partial charge in [0.25, 0.3) is 11.2 Å². The molecule has 1 aliphatic carbocycles. The monoisotopic (exact) mass is 472 g/mol. The zero-order valence-electron chi connectivity index (χ0n) is 17.3. The average Bonchev–Trinajstić information content (AvgIpc) is 3.19. The topological polar surface area (TPSA) is 82.2 Å². The smallest absolute Gasteiger partial charge is 0.414 e. The van der Waals surface area contributed by atoms with Gasteiger partial charge in [-0.15, -0.1) is 0 Å². The third-order valence-electron chi connectivity index (χ3n) is 6.04. The highest BCUT2D eigenvalue weighted by molar-refractivity contribution is 7.96. The van der Waals surface area contributed by atoms with Gasteiger partial charge in [0.2, 0.25) is 5.91 Å². The van der Waals surface area contributed by atoms with Gasteiger partial charge in [-0.1, -0.05) is 12.6 Å². The lowest BCUT2D eigenvalue weighted by atomic mass is 10.1. The van der Waals surface area contributed by atoms with E-state index >= 15 is 0 Å². The van der Waals surface area contributed by atoms with Gasteiger partial charge < -0.3 is 19.9 Å². The second-order valence-corrected chi connectivity index (χ2v) is 8.64. The molecule has 0 radical (unpaired) electrons. The Kier molecular flexibility index (Phi) is 5.91. The molecule has 3 unspecified atom stereocenters. The number of carbonyl (C=O) groups is 3. The summed E-state index contributed by atoms with van der Waals surface area (Å²) in [5.74, 6) is -5.22. The van der Waals surface area contributed by atoms with Crippen molar-refractivity contribution in [1.82, 2.24) is 10.2 Å². The summed E-state index contributed by atoms with van der Waals surface area (Å²) in [6.45, 7) is 2.92. The molecule has 0 aromatic heterocycles. The first kappa shape index (κ1) is 22.6. The van der Waals surface area contributed by atoms with Gasteiger partial charge in [-0.25, -0.2) is 18.0 Å². The van der Waals surface area contributed by atoms with Crippen molar-refractivity contribution in [3.8, 4) is 0 Å². The molecule has 174 valence electrons. The standard InChI is InChI=1S/C20H23F3N4O4S/c1-11(24-18(29)32)16-10-27(19(30)31-16)12-2-3-15(14(21)8-12)25-4-6-26(7-5-25)17(28)13-9-20(13,22)23/h2-3,8,11,13,16H,4-7,9-10H2,1H3,(H2,24,29,32). The van der Waals surface area contributed by atoms with E-state index < -0.39 is 53.5 Å². The highest BCUT2D eigenvalue weighted by Gasteiger charge is 2.62. The zero-order valence-corrected chi connectivity index (χ0v) is 18.2. The maximum Gasteiger partial charge on any atom is 0.414 e. The fourth-order valence-corrected chi connectivity index (χ4v) is 4.24. The Morgan fingerprint density at radius 1 is 1.25 bits per heavy atom. The predicted molar refractivity (Wildman–Crippen MR) is 113 cm³/mol. The molecule has 8 nitrogen and oxygen atoms in total. The van der Waals surface area contributed by atoms with E-state index in [0.717, 1.165) is 0 Å². The Hall–Kier alpha value is -2.63. The molecule has 1 aromatic rings. The normalized spacial score (nSPS) is 25.4. The first-order valence-electron chi connectivity index (χ1n) is 10.3. The molecule has 32 heavy (non-hydrogen) atoms. The van der Waals surface area contributed by atoms with Crippen molar-refractivity contribution in [2.45, 2.75) is 31.4 Å². The number of ether oxygens (including phenoxy) is 1. The minimum absolute atomic E-state index is 0.138. The molecule has 3 amide bonds. The lowest BCUT2D eigenvalue weighted by Crippen LogP contribution is -2.49. The van der Waals surface area contributed by atoms with Crippen LogP contribution in [0.4, 0.5) is 34.1 Å². The van der Waals surface area contributed by atoms with Crippen molar-refractivity contribution in [2.24, 2.45) is 5.92 Å². The van der Waals surface area contributed by atoms with Gasteiger partial charge in [0.15, 0.2) is 0 Å². The number of carbonyl (C=O) groups excluding carboxylic acids is 3. The van der Waals surface area contributed by atoms with Crippen LogP contribution in [0.2, 0.25) is 0 Å². The summed E-state index contributed by atoms with van der Waals surface area (Å²) in [5.41, 5.74) is 0.616. The number of benzene rings is 1. The molecule has 2 saturated heterocycles. The van der Waals surface area contributed by atoms with Crippen molar-refractivity contribution in [3.63, 3.8) is 0 Å². The van der Waals surface area contributed by atoms with Crippen LogP contribution in [-0.4, -0.2) is 72.9 Å². The molecule has 3 fully saturated rings. The van der Waals surface area contributed by atoms with E-state index in [1.54, 1.807) is 17.9 Å². The number of nitrogens with zero attached hydrogens (tertiary/aromatic N) is 3. The first-order valence-corrected chi connectivity index (χ1v) is 10.7. The number of alkyl halides is 2. The Morgan fingerprint density at radius 2 is 1.91 bits per heavy atom. The second-order valence-electron chi connectivity index (χ2n) is 8.24. The van der Waals surface area contributed by atoms with Crippen LogP contribution in [0.5, 0.6) is 0 Å². The van der Waals surface area contributed by atoms with Crippen LogP contribution in [0.3, 0.4) is 0 Å². The molecule has 3 aliphatic rings. The number of rotatable bonds is 5. The average molecular weight is 472 g/mol. The maximum absolute atomic E-state index is 14.9. The fraction of sp³-hybridized carbons (Fsp3) is 0.550. The zero-order chi connectivity index (χ0) is 23.2. The molecule has 1 saturated carbocycles. The molecule has 0 spiro atoms. The van der Waals surface area contributed by atoms with E-state index in [0.29, 0.717) is 24.5 Å². The van der Waals surface area contributed by atoms with Gasteiger partial charge in [0.05, 0.1) is 24.0 Å². The summed E-state index contributed by atoms with van der Waals surface area (Å²) in [6.07, 6.45) is -1.65. The third-order valence-corrected chi connectivity index (χ3v) is 6.17. The van der Waals surface area contributed by atoms with Crippen LogP contribution in [0.1, 0.15) is 13.3 Å².